The third-order valence-corrected chi connectivity index (χ3v) is 5.22. The highest BCUT2D eigenvalue weighted by molar-refractivity contribution is 7.90. The minimum Gasteiger partial charge on any atom is -0.457 e. The van der Waals surface area contributed by atoms with E-state index in [0.29, 0.717) is 22.7 Å². The molecule has 0 unspecified atom stereocenters. The highest BCUT2D eigenvalue weighted by Crippen LogP contribution is 2.22. The topological polar surface area (TPSA) is 102 Å². The molecule has 0 aromatic heterocycles. The predicted molar refractivity (Wildman–Crippen MR) is 108 cm³/mol. The van der Waals surface area contributed by atoms with Crippen molar-refractivity contribution in [1.82, 2.24) is 4.72 Å². The molecule has 2 N–H and O–H groups in total. The molecule has 2 amide bonds. The Hall–Kier alpha value is -3.65. The van der Waals surface area contributed by atoms with E-state index in [9.17, 15) is 18.0 Å². The molecule has 0 aliphatic carbocycles. The Morgan fingerprint density at radius 2 is 1.48 bits per heavy atom. The molecule has 0 radical (unpaired) electrons. The molecule has 0 heterocycles. The van der Waals surface area contributed by atoms with Crippen molar-refractivity contribution in [2.45, 2.75) is 11.8 Å². The minimum atomic E-state index is -3.92. The Bertz CT molecular complexity index is 1130. The second kappa shape index (κ2) is 8.57. The van der Waals surface area contributed by atoms with Crippen LogP contribution in [0.4, 0.5) is 5.69 Å². The maximum atomic E-state index is 12.5. The number of carbonyl (C=O) groups is 2. The number of benzene rings is 3. The van der Waals surface area contributed by atoms with Crippen LogP contribution in [0, 0.1) is 0 Å². The fourth-order valence-corrected chi connectivity index (χ4v) is 3.48. The minimum absolute atomic E-state index is 0.0797. The van der Waals surface area contributed by atoms with Gasteiger partial charge in [0.2, 0.25) is 5.91 Å². The lowest BCUT2D eigenvalue weighted by Gasteiger charge is -2.09. The molecule has 0 aliphatic rings. The van der Waals surface area contributed by atoms with Gasteiger partial charge in [0.15, 0.2) is 0 Å². The van der Waals surface area contributed by atoms with Crippen molar-refractivity contribution in [1.29, 1.82) is 0 Å². The van der Waals surface area contributed by atoms with Crippen molar-refractivity contribution in [2.24, 2.45) is 0 Å². The number of para-hydroxylation sites is 1. The lowest BCUT2D eigenvalue weighted by atomic mass is 10.2. The van der Waals surface area contributed by atoms with Crippen molar-refractivity contribution >= 4 is 27.5 Å². The molecule has 3 rings (SSSR count). The fraction of sp³-hybridized carbons (Fsp3) is 0.0476. The normalized spacial score (nSPS) is 10.8. The van der Waals surface area contributed by atoms with Gasteiger partial charge in [-0.3, -0.25) is 9.59 Å². The zero-order valence-electron chi connectivity index (χ0n) is 15.5. The molecule has 7 nitrogen and oxygen atoms in total. The van der Waals surface area contributed by atoms with Crippen LogP contribution >= 0.6 is 0 Å². The molecule has 0 bridgehead atoms. The van der Waals surface area contributed by atoms with Crippen LogP contribution in [-0.4, -0.2) is 20.2 Å². The highest BCUT2D eigenvalue weighted by atomic mass is 32.2. The van der Waals surface area contributed by atoms with Gasteiger partial charge in [-0.2, -0.15) is 0 Å². The first kappa shape index (κ1) is 20.1. The third-order valence-electron chi connectivity index (χ3n) is 3.78. The Morgan fingerprint density at radius 1 is 0.828 bits per heavy atom. The number of ether oxygens (including phenoxy) is 1. The maximum absolute atomic E-state index is 12.5. The van der Waals surface area contributed by atoms with Crippen LogP contribution in [0.25, 0.3) is 0 Å². The number of rotatable bonds is 6. The number of amides is 2. The average molecular weight is 410 g/mol. The first-order chi connectivity index (χ1) is 13.8. The van der Waals surface area contributed by atoms with Gasteiger partial charge < -0.3 is 10.1 Å². The zero-order chi connectivity index (χ0) is 20.9. The number of hydrogen-bond donors (Lipinski definition) is 2. The second-order valence-corrected chi connectivity index (χ2v) is 7.77. The van der Waals surface area contributed by atoms with Gasteiger partial charge in [0.25, 0.3) is 15.9 Å². The Kier molecular flexibility index (Phi) is 5.94. The number of nitrogens with one attached hydrogen (secondary N) is 2. The van der Waals surface area contributed by atoms with Crippen molar-refractivity contribution in [3.8, 4) is 11.5 Å². The van der Waals surface area contributed by atoms with Gasteiger partial charge in [0.1, 0.15) is 11.5 Å². The smallest absolute Gasteiger partial charge is 0.264 e. The van der Waals surface area contributed by atoms with Gasteiger partial charge in [-0.15, -0.1) is 0 Å². The third kappa shape index (κ3) is 5.43. The Balaban J connectivity index is 1.70. The molecule has 0 saturated carbocycles. The fourth-order valence-electron chi connectivity index (χ4n) is 2.49. The number of sulfonamides is 1. The summed E-state index contributed by atoms with van der Waals surface area (Å²) in [6, 6.07) is 21.4. The van der Waals surface area contributed by atoms with Crippen LogP contribution in [0.2, 0.25) is 0 Å². The van der Waals surface area contributed by atoms with Gasteiger partial charge in [-0.25, -0.2) is 13.1 Å². The SMILES string of the molecule is CC(=O)NS(=O)(=O)c1ccc(NC(=O)c2cccc(Oc3ccccc3)c2)cc1. The standard InChI is InChI=1S/C21H18N2O5S/c1-15(24)23-29(26,27)20-12-10-17(11-13-20)22-21(25)16-6-5-9-19(14-16)28-18-7-3-2-4-8-18/h2-14H,1H3,(H,22,25)(H,23,24). The maximum Gasteiger partial charge on any atom is 0.264 e. The van der Waals surface area contributed by atoms with E-state index in [2.05, 4.69) is 5.32 Å². The predicted octanol–water partition coefficient (Wildman–Crippen LogP) is 3.56. The molecule has 148 valence electrons. The molecular weight excluding hydrogens is 392 g/mol. The van der Waals surface area contributed by atoms with Gasteiger partial charge in [-0.1, -0.05) is 24.3 Å². The number of hydrogen-bond acceptors (Lipinski definition) is 5. The van der Waals surface area contributed by atoms with Crippen molar-refractivity contribution in [2.75, 3.05) is 5.32 Å². The van der Waals surface area contributed by atoms with E-state index in [0.717, 1.165) is 6.92 Å². The first-order valence-corrected chi connectivity index (χ1v) is 10.1. The van der Waals surface area contributed by atoms with Crippen LogP contribution in [0.1, 0.15) is 17.3 Å². The zero-order valence-corrected chi connectivity index (χ0v) is 16.3. The highest BCUT2D eigenvalue weighted by Gasteiger charge is 2.15. The number of carbonyl (C=O) groups excluding carboxylic acids is 2. The molecule has 0 atom stereocenters. The molecule has 0 aliphatic heterocycles. The van der Waals surface area contributed by atoms with E-state index < -0.39 is 15.9 Å². The van der Waals surface area contributed by atoms with E-state index in [1.54, 1.807) is 24.3 Å². The second-order valence-electron chi connectivity index (χ2n) is 6.08. The molecule has 0 fully saturated rings. The van der Waals surface area contributed by atoms with Crippen molar-refractivity contribution < 1.29 is 22.7 Å². The summed E-state index contributed by atoms with van der Waals surface area (Å²) in [5.41, 5.74) is 0.791. The van der Waals surface area contributed by atoms with Gasteiger partial charge in [0.05, 0.1) is 4.90 Å². The molecular formula is C21H18N2O5S. The summed E-state index contributed by atoms with van der Waals surface area (Å²) in [6.07, 6.45) is 0. The molecule has 3 aromatic carbocycles. The van der Waals surface area contributed by atoms with Gasteiger partial charge >= 0.3 is 0 Å². The molecule has 0 saturated heterocycles. The summed E-state index contributed by atoms with van der Waals surface area (Å²) < 4.78 is 31.5. The quantitative estimate of drug-likeness (QED) is 0.647. The summed E-state index contributed by atoms with van der Waals surface area (Å²) in [5, 5.41) is 2.69. The largest absolute Gasteiger partial charge is 0.457 e. The summed E-state index contributed by atoms with van der Waals surface area (Å²) in [5.74, 6) is 0.114. The summed E-state index contributed by atoms with van der Waals surface area (Å²) in [4.78, 5) is 23.4. The Labute approximate surface area is 168 Å². The summed E-state index contributed by atoms with van der Waals surface area (Å²) in [7, 11) is -3.92. The van der Waals surface area contributed by atoms with E-state index in [4.69, 9.17) is 4.74 Å². The molecule has 29 heavy (non-hydrogen) atoms. The molecule has 3 aromatic rings. The lowest BCUT2D eigenvalue weighted by molar-refractivity contribution is -0.117. The van der Waals surface area contributed by atoms with E-state index in [1.807, 2.05) is 35.1 Å². The molecule has 8 heteroatoms. The Morgan fingerprint density at radius 3 is 2.14 bits per heavy atom. The van der Waals surface area contributed by atoms with Crippen molar-refractivity contribution in [3.05, 3.63) is 84.4 Å². The average Bonchev–Trinajstić information content (AvgIpc) is 2.68. The van der Waals surface area contributed by atoms with E-state index in [1.165, 1.54) is 24.3 Å². The lowest BCUT2D eigenvalue weighted by Crippen LogP contribution is -2.28. The van der Waals surface area contributed by atoms with Crippen LogP contribution in [0.3, 0.4) is 0 Å². The molecule has 0 spiro atoms. The van der Waals surface area contributed by atoms with E-state index in [-0.39, 0.29) is 10.8 Å². The van der Waals surface area contributed by atoms with Crippen LogP contribution in [0.15, 0.2) is 83.8 Å². The van der Waals surface area contributed by atoms with Crippen molar-refractivity contribution in [3.63, 3.8) is 0 Å². The monoisotopic (exact) mass is 410 g/mol. The first-order valence-electron chi connectivity index (χ1n) is 8.61. The van der Waals surface area contributed by atoms with Crippen LogP contribution < -0.4 is 14.8 Å². The summed E-state index contributed by atoms with van der Waals surface area (Å²) >= 11 is 0. The van der Waals surface area contributed by atoms with E-state index >= 15 is 0 Å². The van der Waals surface area contributed by atoms with Gasteiger partial charge in [-0.05, 0) is 54.6 Å². The van der Waals surface area contributed by atoms with Crippen LogP contribution in [0.5, 0.6) is 11.5 Å². The number of anilines is 1. The summed E-state index contributed by atoms with van der Waals surface area (Å²) in [6.45, 7) is 1.11. The van der Waals surface area contributed by atoms with Gasteiger partial charge in [0, 0.05) is 18.2 Å². The van der Waals surface area contributed by atoms with Crippen LogP contribution in [-0.2, 0) is 14.8 Å².